The Labute approximate surface area is 111 Å². The van der Waals surface area contributed by atoms with Gasteiger partial charge in [0.2, 0.25) is 5.91 Å². The Morgan fingerprint density at radius 3 is 2.72 bits per heavy atom. The maximum atomic E-state index is 12.0. The van der Waals surface area contributed by atoms with Crippen molar-refractivity contribution in [2.24, 2.45) is 0 Å². The number of carbonyl (C=O) groups is 1. The van der Waals surface area contributed by atoms with Crippen LogP contribution in [0.4, 0.5) is 0 Å². The van der Waals surface area contributed by atoms with Gasteiger partial charge in [-0.3, -0.25) is 10.1 Å². The molecule has 18 heavy (non-hydrogen) atoms. The van der Waals surface area contributed by atoms with Crippen molar-refractivity contribution in [2.45, 2.75) is 71.7 Å². The molecule has 1 saturated heterocycles. The number of ether oxygens (including phenoxy) is 1. The van der Waals surface area contributed by atoms with Crippen molar-refractivity contribution in [1.82, 2.24) is 10.2 Å². The Hall–Kier alpha value is -0.610. The first kappa shape index (κ1) is 15.4. The summed E-state index contributed by atoms with van der Waals surface area (Å²) in [7, 11) is 0. The molecule has 1 rings (SSSR count). The number of hydrogen-bond acceptors (Lipinski definition) is 3. The zero-order chi connectivity index (χ0) is 13.5. The Morgan fingerprint density at radius 2 is 2.11 bits per heavy atom. The third-order valence-corrected chi connectivity index (χ3v) is 3.28. The maximum absolute atomic E-state index is 12.0. The highest BCUT2D eigenvalue weighted by atomic mass is 16.5. The van der Waals surface area contributed by atoms with Crippen LogP contribution in [0.15, 0.2) is 0 Å². The van der Waals surface area contributed by atoms with Crippen LogP contribution in [0.2, 0.25) is 0 Å². The van der Waals surface area contributed by atoms with Crippen LogP contribution in [0.5, 0.6) is 0 Å². The molecule has 0 aromatic heterocycles. The van der Waals surface area contributed by atoms with Gasteiger partial charge >= 0.3 is 0 Å². The third kappa shape index (κ3) is 4.58. The lowest BCUT2D eigenvalue weighted by molar-refractivity contribution is -0.129. The number of nitrogens with zero attached hydrogens (tertiary/aromatic N) is 1. The van der Waals surface area contributed by atoms with E-state index in [9.17, 15) is 4.79 Å². The highest BCUT2D eigenvalue weighted by molar-refractivity contribution is 5.83. The molecule has 2 unspecified atom stereocenters. The number of rotatable bonds is 8. The number of hydrogen-bond donors (Lipinski definition) is 1. The fourth-order valence-electron chi connectivity index (χ4n) is 2.33. The van der Waals surface area contributed by atoms with Gasteiger partial charge in [0.1, 0.15) is 0 Å². The molecule has 0 radical (unpaired) electrons. The quantitative estimate of drug-likeness (QED) is 0.677. The summed E-state index contributed by atoms with van der Waals surface area (Å²) in [6, 6.07) is -0.0199. The van der Waals surface area contributed by atoms with Crippen molar-refractivity contribution in [3.8, 4) is 0 Å². The van der Waals surface area contributed by atoms with Crippen LogP contribution in [0.1, 0.15) is 53.4 Å². The third-order valence-electron chi connectivity index (χ3n) is 3.28. The second kappa shape index (κ2) is 7.74. The van der Waals surface area contributed by atoms with Gasteiger partial charge in [-0.2, -0.15) is 0 Å². The maximum Gasteiger partial charge on any atom is 0.240 e. The van der Waals surface area contributed by atoms with Crippen LogP contribution in [0, 0.1) is 0 Å². The SMILES string of the molecule is CCCC1NC(C)C(=O)N1CCCCOC(C)C. The standard InChI is InChI=1S/C14H28N2O2/c1-5-8-13-15-12(4)14(17)16(13)9-6-7-10-18-11(2)3/h11-13,15H,5-10H2,1-4H3. The smallest absolute Gasteiger partial charge is 0.240 e. The summed E-state index contributed by atoms with van der Waals surface area (Å²) in [5, 5.41) is 3.36. The van der Waals surface area contributed by atoms with E-state index >= 15 is 0 Å². The summed E-state index contributed by atoms with van der Waals surface area (Å²) in [6.07, 6.45) is 4.72. The van der Waals surface area contributed by atoms with E-state index in [2.05, 4.69) is 12.2 Å². The van der Waals surface area contributed by atoms with Gasteiger partial charge in [0.25, 0.3) is 0 Å². The molecule has 4 nitrogen and oxygen atoms in total. The molecule has 1 aliphatic heterocycles. The van der Waals surface area contributed by atoms with Crippen LogP contribution >= 0.6 is 0 Å². The second-order valence-electron chi connectivity index (χ2n) is 5.35. The predicted octanol–water partition coefficient (Wildman–Crippen LogP) is 2.14. The summed E-state index contributed by atoms with van der Waals surface area (Å²) >= 11 is 0. The van der Waals surface area contributed by atoms with Crippen molar-refractivity contribution < 1.29 is 9.53 Å². The lowest BCUT2D eigenvalue weighted by Crippen LogP contribution is -2.38. The zero-order valence-electron chi connectivity index (χ0n) is 12.2. The minimum absolute atomic E-state index is 0.0199. The fraction of sp³-hybridized carbons (Fsp3) is 0.929. The average molecular weight is 256 g/mol. The number of amides is 1. The molecule has 0 bridgehead atoms. The molecule has 1 fully saturated rings. The fourth-order valence-corrected chi connectivity index (χ4v) is 2.33. The first-order valence-corrected chi connectivity index (χ1v) is 7.24. The second-order valence-corrected chi connectivity index (χ2v) is 5.35. The number of unbranched alkanes of at least 4 members (excludes halogenated alkanes) is 1. The van der Waals surface area contributed by atoms with Crippen molar-refractivity contribution in [3.05, 3.63) is 0 Å². The van der Waals surface area contributed by atoms with E-state index in [-0.39, 0.29) is 18.1 Å². The summed E-state index contributed by atoms with van der Waals surface area (Å²) in [4.78, 5) is 14.0. The summed E-state index contributed by atoms with van der Waals surface area (Å²) in [5.74, 6) is 0.248. The van der Waals surface area contributed by atoms with Gasteiger partial charge < -0.3 is 9.64 Å². The molecule has 0 aromatic rings. The number of nitrogens with one attached hydrogen (secondary N) is 1. The van der Waals surface area contributed by atoms with Crippen LogP contribution in [-0.4, -0.2) is 42.3 Å². The van der Waals surface area contributed by atoms with Gasteiger partial charge in [-0.1, -0.05) is 13.3 Å². The molecule has 1 heterocycles. The monoisotopic (exact) mass is 256 g/mol. The molecule has 0 aliphatic carbocycles. The highest BCUT2D eigenvalue weighted by Crippen LogP contribution is 2.15. The Bertz CT molecular complexity index is 256. The minimum atomic E-state index is -0.0199. The molecular formula is C14H28N2O2. The van der Waals surface area contributed by atoms with Crippen molar-refractivity contribution in [2.75, 3.05) is 13.2 Å². The summed E-state index contributed by atoms with van der Waals surface area (Å²) < 4.78 is 5.51. The van der Waals surface area contributed by atoms with Crippen LogP contribution in [0.3, 0.4) is 0 Å². The number of carbonyl (C=O) groups excluding carboxylic acids is 1. The molecule has 4 heteroatoms. The van der Waals surface area contributed by atoms with Crippen molar-refractivity contribution in [1.29, 1.82) is 0 Å². The van der Waals surface area contributed by atoms with Crippen molar-refractivity contribution in [3.63, 3.8) is 0 Å². The van der Waals surface area contributed by atoms with E-state index in [1.54, 1.807) is 0 Å². The lowest BCUT2D eigenvalue weighted by Gasteiger charge is -2.23. The van der Waals surface area contributed by atoms with E-state index < -0.39 is 0 Å². The van der Waals surface area contributed by atoms with Gasteiger partial charge in [-0.05, 0) is 40.0 Å². The molecule has 0 aromatic carbocycles. The van der Waals surface area contributed by atoms with Gasteiger partial charge in [-0.15, -0.1) is 0 Å². The molecule has 1 N–H and O–H groups in total. The largest absolute Gasteiger partial charge is 0.379 e. The van der Waals surface area contributed by atoms with E-state index in [1.807, 2.05) is 25.7 Å². The normalized spacial score (nSPS) is 24.3. The zero-order valence-corrected chi connectivity index (χ0v) is 12.2. The van der Waals surface area contributed by atoms with E-state index in [0.29, 0.717) is 6.10 Å². The summed E-state index contributed by atoms with van der Waals surface area (Å²) in [5.41, 5.74) is 0. The van der Waals surface area contributed by atoms with E-state index in [0.717, 1.165) is 38.8 Å². The minimum Gasteiger partial charge on any atom is -0.379 e. The highest BCUT2D eigenvalue weighted by Gasteiger charge is 2.34. The Kier molecular flexibility index (Phi) is 6.65. The van der Waals surface area contributed by atoms with Gasteiger partial charge in [0.15, 0.2) is 0 Å². The molecule has 0 saturated carbocycles. The predicted molar refractivity (Wildman–Crippen MR) is 73.3 cm³/mol. The lowest BCUT2D eigenvalue weighted by atomic mass is 10.2. The van der Waals surface area contributed by atoms with E-state index in [4.69, 9.17) is 4.74 Å². The van der Waals surface area contributed by atoms with Crippen LogP contribution < -0.4 is 5.32 Å². The van der Waals surface area contributed by atoms with E-state index in [1.165, 1.54) is 0 Å². The van der Waals surface area contributed by atoms with Crippen LogP contribution in [-0.2, 0) is 9.53 Å². The molecular weight excluding hydrogens is 228 g/mol. The topological polar surface area (TPSA) is 41.6 Å². The Morgan fingerprint density at radius 1 is 1.39 bits per heavy atom. The molecule has 2 atom stereocenters. The molecule has 106 valence electrons. The van der Waals surface area contributed by atoms with Gasteiger partial charge in [-0.25, -0.2) is 0 Å². The molecule has 1 aliphatic rings. The molecule has 1 amide bonds. The van der Waals surface area contributed by atoms with Gasteiger partial charge in [0, 0.05) is 13.2 Å². The first-order valence-electron chi connectivity index (χ1n) is 7.24. The van der Waals surface area contributed by atoms with Crippen LogP contribution in [0.25, 0.3) is 0 Å². The first-order chi connectivity index (χ1) is 8.56. The molecule has 0 spiro atoms. The van der Waals surface area contributed by atoms with Crippen molar-refractivity contribution >= 4 is 5.91 Å². The average Bonchev–Trinajstić information content (AvgIpc) is 2.56. The Balaban J connectivity index is 2.27. The van der Waals surface area contributed by atoms with Gasteiger partial charge in [0.05, 0.1) is 18.3 Å². The summed E-state index contributed by atoms with van der Waals surface area (Å²) in [6.45, 7) is 9.85.